The van der Waals surface area contributed by atoms with Gasteiger partial charge in [0, 0.05) is 16.3 Å². The molecule has 1 N–H and O–H groups in total. The van der Waals surface area contributed by atoms with Gasteiger partial charge in [-0.2, -0.15) is 0 Å². The summed E-state index contributed by atoms with van der Waals surface area (Å²) in [6.45, 7) is 4.04. The van der Waals surface area contributed by atoms with E-state index in [4.69, 9.17) is 0 Å². The summed E-state index contributed by atoms with van der Waals surface area (Å²) < 4.78 is 24.7. The molecule has 0 bridgehead atoms. The van der Waals surface area contributed by atoms with E-state index in [0.717, 1.165) is 4.88 Å². The van der Waals surface area contributed by atoms with Crippen LogP contribution in [0.5, 0.6) is 0 Å². The van der Waals surface area contributed by atoms with Gasteiger partial charge in [-0.25, -0.2) is 13.1 Å². The zero-order chi connectivity index (χ0) is 9.90. The quantitative estimate of drug-likeness (QED) is 0.834. The number of aryl methyl sites for hydroxylation is 1. The maximum atomic E-state index is 11.1. The van der Waals surface area contributed by atoms with Gasteiger partial charge in [0.25, 0.3) is 0 Å². The molecule has 0 aromatic carbocycles. The fourth-order valence-electron chi connectivity index (χ4n) is 0.863. The zero-order valence-electron chi connectivity index (χ0n) is 7.70. The van der Waals surface area contributed by atoms with Crippen molar-refractivity contribution in [1.29, 1.82) is 0 Å². The number of rotatable bonds is 4. The van der Waals surface area contributed by atoms with Gasteiger partial charge >= 0.3 is 0 Å². The van der Waals surface area contributed by atoms with Crippen molar-refractivity contribution in [2.24, 2.45) is 0 Å². The normalized spacial score (nSPS) is 11.8. The van der Waals surface area contributed by atoms with E-state index in [9.17, 15) is 8.42 Å². The van der Waals surface area contributed by atoms with Crippen molar-refractivity contribution in [3.63, 3.8) is 0 Å². The lowest BCUT2D eigenvalue weighted by Crippen LogP contribution is -2.24. The van der Waals surface area contributed by atoms with E-state index in [1.165, 1.54) is 4.88 Å². The molecule has 0 fully saturated rings. The molecule has 1 heterocycles. The Morgan fingerprint density at radius 1 is 1.46 bits per heavy atom. The Bertz CT molecular complexity index is 367. The highest BCUT2D eigenvalue weighted by atomic mass is 32.2. The molecule has 0 spiro atoms. The first-order valence-electron chi connectivity index (χ1n) is 4.06. The molecule has 1 rings (SSSR count). The number of nitrogens with one attached hydrogen (secondary N) is 1. The number of hydrogen-bond acceptors (Lipinski definition) is 3. The van der Waals surface area contributed by atoms with Crippen LogP contribution in [0.4, 0.5) is 0 Å². The average Bonchev–Trinajstić information content (AvgIpc) is 2.48. The van der Waals surface area contributed by atoms with Crippen LogP contribution in [0, 0.1) is 6.92 Å². The molecule has 0 unspecified atom stereocenters. The van der Waals surface area contributed by atoms with E-state index in [1.807, 2.05) is 19.1 Å². The topological polar surface area (TPSA) is 46.2 Å². The minimum absolute atomic E-state index is 0.136. The highest BCUT2D eigenvalue weighted by Crippen LogP contribution is 2.14. The van der Waals surface area contributed by atoms with E-state index in [2.05, 4.69) is 4.72 Å². The Morgan fingerprint density at radius 2 is 2.15 bits per heavy atom. The molecule has 0 aliphatic heterocycles. The number of thiophene rings is 1. The molecule has 1 aromatic rings. The molecule has 0 atom stereocenters. The van der Waals surface area contributed by atoms with Crippen LogP contribution in [0.3, 0.4) is 0 Å². The largest absolute Gasteiger partial charge is 0.212 e. The highest BCUT2D eigenvalue weighted by Gasteiger charge is 2.06. The molecule has 0 radical (unpaired) electrons. The fraction of sp³-hybridized carbons (Fsp3) is 0.500. The van der Waals surface area contributed by atoms with Crippen LogP contribution in [0.2, 0.25) is 0 Å². The van der Waals surface area contributed by atoms with Crippen LogP contribution in [-0.2, 0) is 16.6 Å². The van der Waals surface area contributed by atoms with Crippen LogP contribution in [0.1, 0.15) is 16.7 Å². The Morgan fingerprint density at radius 3 is 2.62 bits per heavy atom. The van der Waals surface area contributed by atoms with E-state index in [0.29, 0.717) is 6.54 Å². The molecule has 0 saturated carbocycles. The Kier molecular flexibility index (Phi) is 3.47. The van der Waals surface area contributed by atoms with Crippen LogP contribution in [0.15, 0.2) is 12.1 Å². The number of sulfonamides is 1. The summed E-state index contributed by atoms with van der Waals surface area (Å²) in [5.41, 5.74) is 0. The first-order valence-corrected chi connectivity index (χ1v) is 6.53. The van der Waals surface area contributed by atoms with Crippen LogP contribution in [0.25, 0.3) is 0 Å². The molecular formula is C8H13NO2S2. The van der Waals surface area contributed by atoms with Gasteiger partial charge < -0.3 is 0 Å². The Balaban J connectivity index is 2.53. The Labute approximate surface area is 82.8 Å². The average molecular weight is 219 g/mol. The van der Waals surface area contributed by atoms with Crippen molar-refractivity contribution >= 4 is 21.4 Å². The summed E-state index contributed by atoms with van der Waals surface area (Å²) in [5.74, 6) is 0.136. The SMILES string of the molecule is CCS(=O)(=O)NCc1ccc(C)s1. The monoisotopic (exact) mass is 219 g/mol. The summed E-state index contributed by atoms with van der Waals surface area (Å²) in [5, 5.41) is 0. The molecule has 0 saturated heterocycles. The molecular weight excluding hydrogens is 206 g/mol. The molecule has 0 amide bonds. The molecule has 5 heteroatoms. The first-order chi connectivity index (χ1) is 6.03. The van der Waals surface area contributed by atoms with Gasteiger partial charge in [0.2, 0.25) is 10.0 Å². The first kappa shape index (κ1) is 10.7. The standard InChI is InChI=1S/C8H13NO2S2/c1-3-13(10,11)9-6-8-5-4-7(2)12-8/h4-5,9H,3,6H2,1-2H3. The van der Waals surface area contributed by atoms with Crippen molar-refractivity contribution in [2.45, 2.75) is 20.4 Å². The molecule has 3 nitrogen and oxygen atoms in total. The summed E-state index contributed by atoms with van der Waals surface area (Å²) in [7, 11) is -3.05. The third-order valence-corrected chi connectivity index (χ3v) is 3.99. The molecule has 0 aliphatic carbocycles. The predicted molar refractivity (Wildman–Crippen MR) is 55.4 cm³/mol. The van der Waals surface area contributed by atoms with Gasteiger partial charge in [-0.1, -0.05) is 0 Å². The van der Waals surface area contributed by atoms with Gasteiger partial charge in [0.05, 0.1) is 5.75 Å². The second-order valence-electron chi connectivity index (χ2n) is 2.74. The van der Waals surface area contributed by atoms with Crippen molar-refractivity contribution in [1.82, 2.24) is 4.72 Å². The van der Waals surface area contributed by atoms with Gasteiger partial charge in [-0.3, -0.25) is 0 Å². The molecule has 13 heavy (non-hydrogen) atoms. The summed E-state index contributed by atoms with van der Waals surface area (Å²) in [6.07, 6.45) is 0. The highest BCUT2D eigenvalue weighted by molar-refractivity contribution is 7.89. The van der Waals surface area contributed by atoms with E-state index < -0.39 is 10.0 Å². The van der Waals surface area contributed by atoms with Crippen molar-refractivity contribution in [2.75, 3.05) is 5.75 Å². The lowest BCUT2D eigenvalue weighted by molar-refractivity contribution is 0.583. The van der Waals surface area contributed by atoms with E-state index in [-0.39, 0.29) is 5.75 Å². The number of hydrogen-bond donors (Lipinski definition) is 1. The minimum Gasteiger partial charge on any atom is -0.212 e. The summed E-state index contributed by atoms with van der Waals surface area (Å²) >= 11 is 1.61. The molecule has 0 aliphatic rings. The second kappa shape index (κ2) is 4.21. The predicted octanol–water partition coefficient (Wildman–Crippen LogP) is 1.50. The Hall–Kier alpha value is -0.390. The van der Waals surface area contributed by atoms with Gasteiger partial charge in [0.1, 0.15) is 0 Å². The smallest absolute Gasteiger partial charge is 0.211 e. The molecule has 74 valence electrons. The maximum absolute atomic E-state index is 11.1. The van der Waals surface area contributed by atoms with Crippen molar-refractivity contribution in [3.05, 3.63) is 21.9 Å². The van der Waals surface area contributed by atoms with Gasteiger partial charge in [-0.05, 0) is 26.0 Å². The maximum Gasteiger partial charge on any atom is 0.211 e. The minimum atomic E-state index is -3.05. The van der Waals surface area contributed by atoms with Crippen molar-refractivity contribution < 1.29 is 8.42 Å². The second-order valence-corrected chi connectivity index (χ2v) is 6.20. The van der Waals surface area contributed by atoms with E-state index >= 15 is 0 Å². The summed E-state index contributed by atoms with van der Waals surface area (Å²) in [6, 6.07) is 3.93. The zero-order valence-corrected chi connectivity index (χ0v) is 9.33. The third kappa shape index (κ3) is 3.46. The van der Waals surface area contributed by atoms with Gasteiger partial charge in [0.15, 0.2) is 0 Å². The van der Waals surface area contributed by atoms with E-state index in [1.54, 1.807) is 18.3 Å². The van der Waals surface area contributed by atoms with Crippen LogP contribution < -0.4 is 4.72 Å². The van der Waals surface area contributed by atoms with Crippen LogP contribution in [-0.4, -0.2) is 14.2 Å². The lowest BCUT2D eigenvalue weighted by atomic mass is 10.4. The summed E-state index contributed by atoms with van der Waals surface area (Å²) in [4.78, 5) is 2.25. The van der Waals surface area contributed by atoms with Crippen LogP contribution >= 0.6 is 11.3 Å². The lowest BCUT2D eigenvalue weighted by Gasteiger charge is -2.01. The third-order valence-electron chi connectivity index (χ3n) is 1.64. The van der Waals surface area contributed by atoms with Gasteiger partial charge in [-0.15, -0.1) is 11.3 Å². The van der Waals surface area contributed by atoms with Crippen molar-refractivity contribution in [3.8, 4) is 0 Å². The fourth-order valence-corrected chi connectivity index (χ4v) is 2.36. The molecule has 1 aromatic heterocycles.